The second-order valence-electron chi connectivity index (χ2n) is 7.87. The summed E-state index contributed by atoms with van der Waals surface area (Å²) >= 11 is 0. The fourth-order valence-corrected chi connectivity index (χ4v) is 3.22. The monoisotopic (exact) mass is 344 g/mol. The van der Waals surface area contributed by atoms with Crippen LogP contribution in [0.5, 0.6) is 0 Å². The number of rotatable bonds is 3. The van der Waals surface area contributed by atoms with Crippen molar-refractivity contribution in [2.75, 3.05) is 31.6 Å². The number of carbonyl (C=O) groups is 1. The lowest BCUT2D eigenvalue weighted by Gasteiger charge is -2.34. The van der Waals surface area contributed by atoms with Crippen LogP contribution in [-0.4, -0.2) is 53.2 Å². The number of ether oxygens (including phenoxy) is 1. The summed E-state index contributed by atoms with van der Waals surface area (Å²) in [6.07, 6.45) is 1.85. The van der Waals surface area contributed by atoms with Crippen molar-refractivity contribution >= 4 is 23.1 Å². The first-order chi connectivity index (χ1) is 11.8. The number of aromatic amines is 1. The number of fused-ring (bicyclic) bond motifs is 1. The number of H-pyrrole nitrogens is 1. The maximum Gasteiger partial charge on any atom is 0.410 e. The third-order valence-corrected chi connectivity index (χ3v) is 4.53. The SMILES string of the molecule is CN(CC1CCN(c2nc3ccccc3[nH]2)CC1)C(=O)OC(C)(C)C. The van der Waals surface area contributed by atoms with Crippen LogP contribution < -0.4 is 4.90 Å². The van der Waals surface area contributed by atoms with E-state index in [1.807, 2.05) is 52.1 Å². The Morgan fingerprint density at radius 2 is 2.00 bits per heavy atom. The number of benzene rings is 1. The van der Waals surface area contributed by atoms with E-state index in [2.05, 4.69) is 14.9 Å². The summed E-state index contributed by atoms with van der Waals surface area (Å²) in [5.41, 5.74) is 1.63. The predicted octanol–water partition coefficient (Wildman–Crippen LogP) is 3.65. The van der Waals surface area contributed by atoms with Crippen molar-refractivity contribution in [1.82, 2.24) is 14.9 Å². The minimum atomic E-state index is -0.448. The zero-order valence-electron chi connectivity index (χ0n) is 15.6. The fraction of sp³-hybridized carbons (Fsp3) is 0.579. The largest absolute Gasteiger partial charge is 0.444 e. The number of amides is 1. The molecule has 1 N–H and O–H groups in total. The molecule has 2 heterocycles. The van der Waals surface area contributed by atoms with E-state index >= 15 is 0 Å². The van der Waals surface area contributed by atoms with Gasteiger partial charge in [-0.25, -0.2) is 9.78 Å². The molecule has 6 nitrogen and oxygen atoms in total. The van der Waals surface area contributed by atoms with Crippen LogP contribution >= 0.6 is 0 Å². The Kier molecular flexibility index (Phi) is 4.88. The molecule has 0 unspecified atom stereocenters. The van der Waals surface area contributed by atoms with Crippen molar-refractivity contribution in [2.45, 2.75) is 39.2 Å². The summed E-state index contributed by atoms with van der Waals surface area (Å²) in [5, 5.41) is 0. The molecule has 0 bridgehead atoms. The van der Waals surface area contributed by atoms with E-state index < -0.39 is 5.60 Å². The maximum atomic E-state index is 12.1. The van der Waals surface area contributed by atoms with E-state index in [4.69, 9.17) is 4.74 Å². The highest BCUT2D eigenvalue weighted by atomic mass is 16.6. The van der Waals surface area contributed by atoms with Crippen LogP contribution in [0.4, 0.5) is 10.7 Å². The van der Waals surface area contributed by atoms with E-state index in [0.29, 0.717) is 5.92 Å². The number of nitrogens with one attached hydrogen (secondary N) is 1. The highest BCUT2D eigenvalue weighted by Crippen LogP contribution is 2.24. The zero-order valence-corrected chi connectivity index (χ0v) is 15.6. The highest BCUT2D eigenvalue weighted by Gasteiger charge is 2.25. The average molecular weight is 344 g/mol. The number of anilines is 1. The molecule has 0 atom stereocenters. The summed E-state index contributed by atoms with van der Waals surface area (Å²) in [7, 11) is 1.82. The molecule has 6 heteroatoms. The Hall–Kier alpha value is -2.24. The normalized spacial score (nSPS) is 16.2. The van der Waals surface area contributed by atoms with Crippen LogP contribution in [0.3, 0.4) is 0 Å². The Labute approximate surface area is 149 Å². The second kappa shape index (κ2) is 6.94. The third kappa shape index (κ3) is 4.44. The molecule has 1 aromatic heterocycles. The second-order valence-corrected chi connectivity index (χ2v) is 7.87. The lowest BCUT2D eigenvalue weighted by molar-refractivity contribution is 0.0266. The molecule has 1 amide bonds. The van der Waals surface area contributed by atoms with Gasteiger partial charge in [-0.1, -0.05) is 12.1 Å². The molecule has 0 aliphatic carbocycles. The molecule has 1 aliphatic heterocycles. The summed E-state index contributed by atoms with van der Waals surface area (Å²) < 4.78 is 5.43. The molecule has 25 heavy (non-hydrogen) atoms. The molecule has 1 fully saturated rings. The smallest absolute Gasteiger partial charge is 0.410 e. The molecule has 1 saturated heterocycles. The Morgan fingerprint density at radius 1 is 1.32 bits per heavy atom. The molecule has 0 radical (unpaired) electrons. The van der Waals surface area contributed by atoms with Gasteiger partial charge < -0.3 is 19.5 Å². The van der Waals surface area contributed by atoms with Crippen molar-refractivity contribution in [1.29, 1.82) is 0 Å². The Morgan fingerprint density at radius 3 is 2.64 bits per heavy atom. The summed E-state index contributed by atoms with van der Waals surface area (Å²) in [5.74, 6) is 1.44. The standard InChI is InChI=1S/C19H28N4O2/c1-19(2,3)25-18(24)22(4)13-14-9-11-23(12-10-14)17-20-15-7-5-6-8-16(15)21-17/h5-8,14H,9-13H2,1-4H3,(H,20,21). The number of hydrogen-bond acceptors (Lipinski definition) is 4. The van der Waals surface area contributed by atoms with Crippen molar-refractivity contribution in [3.05, 3.63) is 24.3 Å². The van der Waals surface area contributed by atoms with Gasteiger partial charge in [0.15, 0.2) is 0 Å². The maximum absolute atomic E-state index is 12.1. The van der Waals surface area contributed by atoms with Gasteiger partial charge in [-0.2, -0.15) is 0 Å². The number of hydrogen-bond donors (Lipinski definition) is 1. The quantitative estimate of drug-likeness (QED) is 0.923. The first-order valence-corrected chi connectivity index (χ1v) is 8.95. The third-order valence-electron chi connectivity index (χ3n) is 4.53. The van der Waals surface area contributed by atoms with E-state index in [-0.39, 0.29) is 6.09 Å². The van der Waals surface area contributed by atoms with Crippen molar-refractivity contribution in [3.8, 4) is 0 Å². The topological polar surface area (TPSA) is 61.5 Å². The van der Waals surface area contributed by atoms with Crippen LogP contribution in [0.25, 0.3) is 11.0 Å². The number of aromatic nitrogens is 2. The van der Waals surface area contributed by atoms with Crippen molar-refractivity contribution in [2.24, 2.45) is 5.92 Å². The van der Waals surface area contributed by atoms with Crippen LogP contribution in [0.15, 0.2) is 24.3 Å². The van der Waals surface area contributed by atoms with Gasteiger partial charge in [-0.15, -0.1) is 0 Å². The van der Waals surface area contributed by atoms with E-state index in [1.165, 1.54) is 0 Å². The number of para-hydroxylation sites is 2. The number of piperidine rings is 1. The summed E-state index contributed by atoms with van der Waals surface area (Å²) in [6, 6.07) is 8.10. The van der Waals surface area contributed by atoms with Gasteiger partial charge in [-0.3, -0.25) is 0 Å². The van der Waals surface area contributed by atoms with E-state index in [1.54, 1.807) is 4.90 Å². The number of imidazole rings is 1. The van der Waals surface area contributed by atoms with E-state index in [9.17, 15) is 4.79 Å². The van der Waals surface area contributed by atoms with Gasteiger partial charge in [0.25, 0.3) is 0 Å². The average Bonchev–Trinajstić information content (AvgIpc) is 2.98. The molecule has 0 spiro atoms. The van der Waals surface area contributed by atoms with Gasteiger partial charge in [0.2, 0.25) is 5.95 Å². The van der Waals surface area contributed by atoms with Crippen LogP contribution in [0, 0.1) is 5.92 Å². The highest BCUT2D eigenvalue weighted by molar-refractivity contribution is 5.77. The minimum absolute atomic E-state index is 0.243. The number of nitrogens with zero attached hydrogens (tertiary/aromatic N) is 3. The minimum Gasteiger partial charge on any atom is -0.444 e. The van der Waals surface area contributed by atoms with Gasteiger partial charge in [0.05, 0.1) is 11.0 Å². The van der Waals surface area contributed by atoms with Crippen molar-refractivity contribution in [3.63, 3.8) is 0 Å². The molecule has 0 saturated carbocycles. The Balaban J connectivity index is 1.52. The van der Waals surface area contributed by atoms with Crippen molar-refractivity contribution < 1.29 is 9.53 Å². The molecule has 1 aromatic carbocycles. The lowest BCUT2D eigenvalue weighted by Crippen LogP contribution is -2.41. The molecular weight excluding hydrogens is 316 g/mol. The molecule has 3 rings (SSSR count). The predicted molar refractivity (Wildman–Crippen MR) is 99.9 cm³/mol. The molecule has 136 valence electrons. The molecule has 1 aliphatic rings. The van der Waals surface area contributed by atoms with E-state index in [0.717, 1.165) is 49.5 Å². The van der Waals surface area contributed by atoms with Crippen LogP contribution in [0.2, 0.25) is 0 Å². The lowest BCUT2D eigenvalue weighted by atomic mass is 9.96. The van der Waals surface area contributed by atoms with Gasteiger partial charge >= 0.3 is 6.09 Å². The number of carbonyl (C=O) groups excluding carboxylic acids is 1. The molecular formula is C19H28N4O2. The van der Waals surface area contributed by atoms with Crippen LogP contribution in [-0.2, 0) is 4.74 Å². The van der Waals surface area contributed by atoms with Gasteiger partial charge in [-0.05, 0) is 51.7 Å². The fourth-order valence-electron chi connectivity index (χ4n) is 3.22. The summed E-state index contributed by atoms with van der Waals surface area (Å²) in [4.78, 5) is 24.2. The first-order valence-electron chi connectivity index (χ1n) is 8.95. The molecule has 2 aromatic rings. The van der Waals surface area contributed by atoms with Gasteiger partial charge in [0, 0.05) is 26.7 Å². The first kappa shape index (κ1) is 17.6. The van der Waals surface area contributed by atoms with Crippen LogP contribution in [0.1, 0.15) is 33.6 Å². The zero-order chi connectivity index (χ0) is 18.0. The summed E-state index contributed by atoms with van der Waals surface area (Å²) in [6.45, 7) is 8.32. The Bertz CT molecular complexity index is 693. The van der Waals surface area contributed by atoms with Gasteiger partial charge in [0.1, 0.15) is 5.60 Å².